The minimum absolute atomic E-state index is 0.0435. The summed E-state index contributed by atoms with van der Waals surface area (Å²) in [4.78, 5) is 36.1. The average Bonchev–Trinajstić information content (AvgIpc) is 2.85. The molecule has 2 N–H and O–H groups in total. The zero-order valence-corrected chi connectivity index (χ0v) is 18.6. The normalized spacial score (nSPS) is 13.6. The van der Waals surface area contributed by atoms with Crippen LogP contribution in [0.1, 0.15) is 16.4 Å². The van der Waals surface area contributed by atoms with Crippen molar-refractivity contribution < 1.29 is 13.9 Å². The molecule has 1 aliphatic rings. The number of aryl methyl sites for hydroxylation is 1. The van der Waals surface area contributed by atoms with E-state index in [0.29, 0.717) is 41.5 Å². The molecule has 1 saturated heterocycles. The molecule has 1 fully saturated rings. The van der Waals surface area contributed by atoms with E-state index in [1.54, 1.807) is 36.4 Å². The number of rotatable bonds is 5. The highest BCUT2D eigenvalue weighted by molar-refractivity contribution is 6.03. The summed E-state index contributed by atoms with van der Waals surface area (Å²) in [6.45, 7) is 4.81. The third-order valence-electron chi connectivity index (χ3n) is 5.43. The van der Waals surface area contributed by atoms with Crippen LogP contribution in [0, 0.1) is 6.92 Å². The van der Waals surface area contributed by atoms with E-state index in [0.717, 1.165) is 24.6 Å². The molecule has 34 heavy (non-hydrogen) atoms. The van der Waals surface area contributed by atoms with Crippen molar-refractivity contribution in [2.45, 2.75) is 6.92 Å². The van der Waals surface area contributed by atoms with E-state index >= 15 is 0 Å². The lowest BCUT2D eigenvalue weighted by Crippen LogP contribution is -2.36. The average molecular weight is 457 g/mol. The maximum Gasteiger partial charge on any atom is 0.291 e. The van der Waals surface area contributed by atoms with Gasteiger partial charge in [-0.25, -0.2) is 9.97 Å². The van der Waals surface area contributed by atoms with Crippen molar-refractivity contribution in [3.05, 3.63) is 82.5 Å². The molecule has 1 amide bonds. The first-order chi connectivity index (χ1) is 16.5. The predicted octanol–water partition coefficient (Wildman–Crippen LogP) is 3.72. The molecule has 0 bridgehead atoms. The number of nitrogens with zero attached hydrogens (tertiary/aromatic N) is 3. The van der Waals surface area contributed by atoms with Crippen molar-refractivity contribution in [1.29, 1.82) is 0 Å². The molecule has 0 aliphatic carbocycles. The van der Waals surface area contributed by atoms with Gasteiger partial charge in [0.15, 0.2) is 11.2 Å². The number of carbonyl (C=O) groups is 1. The van der Waals surface area contributed by atoms with E-state index < -0.39 is 5.91 Å². The number of amides is 1. The highest BCUT2D eigenvalue weighted by atomic mass is 16.5. The minimum atomic E-state index is -0.495. The van der Waals surface area contributed by atoms with Crippen molar-refractivity contribution in [2.24, 2.45) is 0 Å². The summed E-state index contributed by atoms with van der Waals surface area (Å²) in [6, 6.07) is 17.1. The molecule has 3 heterocycles. The van der Waals surface area contributed by atoms with Gasteiger partial charge in [0, 0.05) is 36.6 Å². The molecule has 1 aliphatic heterocycles. The number of morpholine rings is 1. The molecular weight excluding hydrogens is 434 g/mol. The quantitative estimate of drug-likeness (QED) is 0.467. The standard InChI is InChI=1S/C25H23N5O4/c1-16-26-23(15-24(27-16)30-10-12-33-13-11-30)28-17-6-8-18(9-7-17)29-25(32)22-14-20(31)19-4-2-3-5-21(19)34-22/h2-9,14-15H,10-13H2,1H3,(H,29,32)(H,26,27,28). The summed E-state index contributed by atoms with van der Waals surface area (Å²) in [5.74, 6) is 1.68. The van der Waals surface area contributed by atoms with Crippen LogP contribution >= 0.6 is 0 Å². The SMILES string of the molecule is Cc1nc(Nc2ccc(NC(=O)c3cc(=O)c4ccccc4o3)cc2)cc(N2CCOCC2)n1. The summed E-state index contributed by atoms with van der Waals surface area (Å²) in [5.41, 5.74) is 1.49. The number of fused-ring (bicyclic) bond motifs is 1. The second-order valence-electron chi connectivity index (χ2n) is 7.89. The number of nitrogens with one attached hydrogen (secondary N) is 2. The van der Waals surface area contributed by atoms with Crippen molar-refractivity contribution >= 4 is 39.9 Å². The summed E-state index contributed by atoms with van der Waals surface area (Å²) in [7, 11) is 0. The zero-order valence-electron chi connectivity index (χ0n) is 18.6. The monoisotopic (exact) mass is 457 g/mol. The van der Waals surface area contributed by atoms with Crippen LogP contribution in [0.15, 0.2) is 69.9 Å². The van der Waals surface area contributed by atoms with Crippen LogP contribution in [0.25, 0.3) is 11.0 Å². The zero-order chi connectivity index (χ0) is 23.5. The van der Waals surface area contributed by atoms with Crippen LogP contribution in [0.3, 0.4) is 0 Å². The maximum absolute atomic E-state index is 12.6. The smallest absolute Gasteiger partial charge is 0.291 e. The van der Waals surface area contributed by atoms with E-state index in [1.165, 1.54) is 6.07 Å². The Bertz CT molecular complexity index is 1390. The molecule has 0 unspecified atom stereocenters. The van der Waals surface area contributed by atoms with Crippen LogP contribution in [-0.2, 0) is 4.74 Å². The van der Waals surface area contributed by atoms with E-state index in [9.17, 15) is 9.59 Å². The van der Waals surface area contributed by atoms with Gasteiger partial charge in [-0.05, 0) is 43.3 Å². The fraction of sp³-hybridized carbons (Fsp3) is 0.200. The molecule has 2 aromatic carbocycles. The van der Waals surface area contributed by atoms with Gasteiger partial charge in [-0.15, -0.1) is 0 Å². The first-order valence-corrected chi connectivity index (χ1v) is 10.9. The first-order valence-electron chi connectivity index (χ1n) is 10.9. The Hall–Kier alpha value is -4.24. The van der Waals surface area contributed by atoms with Gasteiger partial charge in [-0.1, -0.05) is 12.1 Å². The topological polar surface area (TPSA) is 110 Å². The number of hydrogen-bond acceptors (Lipinski definition) is 8. The van der Waals surface area contributed by atoms with Crippen LogP contribution < -0.4 is 21.0 Å². The lowest BCUT2D eigenvalue weighted by molar-refractivity contribution is 0.0997. The Kier molecular flexibility index (Phi) is 5.92. The molecule has 4 aromatic rings. The molecule has 0 saturated carbocycles. The van der Waals surface area contributed by atoms with Gasteiger partial charge in [-0.2, -0.15) is 0 Å². The molecule has 2 aromatic heterocycles. The highest BCUT2D eigenvalue weighted by Gasteiger charge is 2.15. The van der Waals surface area contributed by atoms with Gasteiger partial charge in [0.2, 0.25) is 0 Å². The van der Waals surface area contributed by atoms with E-state index in [-0.39, 0.29) is 11.2 Å². The fourth-order valence-corrected chi connectivity index (χ4v) is 3.76. The third kappa shape index (κ3) is 4.74. The fourth-order valence-electron chi connectivity index (χ4n) is 3.76. The third-order valence-corrected chi connectivity index (χ3v) is 5.43. The Morgan fingerprint density at radius 3 is 2.50 bits per heavy atom. The molecule has 9 nitrogen and oxygen atoms in total. The molecule has 5 rings (SSSR count). The Morgan fingerprint density at radius 2 is 1.71 bits per heavy atom. The lowest BCUT2D eigenvalue weighted by atomic mass is 10.2. The number of aromatic nitrogens is 2. The first kappa shape index (κ1) is 21.6. The number of carbonyl (C=O) groups excluding carboxylic acids is 1. The Morgan fingerprint density at radius 1 is 0.971 bits per heavy atom. The van der Waals surface area contributed by atoms with Crippen molar-refractivity contribution in [1.82, 2.24) is 9.97 Å². The van der Waals surface area contributed by atoms with Crippen molar-refractivity contribution in [2.75, 3.05) is 41.8 Å². The number of hydrogen-bond donors (Lipinski definition) is 2. The summed E-state index contributed by atoms with van der Waals surface area (Å²) in [6.07, 6.45) is 0. The van der Waals surface area contributed by atoms with Gasteiger partial charge in [0.1, 0.15) is 23.0 Å². The maximum atomic E-state index is 12.6. The lowest BCUT2D eigenvalue weighted by Gasteiger charge is -2.28. The van der Waals surface area contributed by atoms with E-state index in [2.05, 4.69) is 25.5 Å². The largest absolute Gasteiger partial charge is 0.451 e. The van der Waals surface area contributed by atoms with Crippen LogP contribution in [0.5, 0.6) is 0 Å². The summed E-state index contributed by atoms with van der Waals surface area (Å²) < 4.78 is 11.0. The Labute approximate surface area is 195 Å². The Balaban J connectivity index is 1.28. The molecule has 0 spiro atoms. The van der Waals surface area contributed by atoms with Gasteiger partial charge < -0.3 is 24.7 Å². The van der Waals surface area contributed by atoms with Crippen molar-refractivity contribution in [3.63, 3.8) is 0 Å². The van der Waals surface area contributed by atoms with E-state index in [1.807, 2.05) is 25.1 Å². The number of ether oxygens (including phenoxy) is 1. The summed E-state index contributed by atoms with van der Waals surface area (Å²) >= 11 is 0. The van der Waals surface area contributed by atoms with Gasteiger partial charge in [-0.3, -0.25) is 9.59 Å². The molecule has 0 atom stereocenters. The highest BCUT2D eigenvalue weighted by Crippen LogP contribution is 2.22. The van der Waals surface area contributed by atoms with E-state index in [4.69, 9.17) is 9.15 Å². The number of anilines is 4. The second kappa shape index (κ2) is 9.32. The van der Waals surface area contributed by atoms with Gasteiger partial charge in [0.05, 0.1) is 18.6 Å². The minimum Gasteiger partial charge on any atom is -0.451 e. The number of para-hydroxylation sites is 1. The molecule has 172 valence electrons. The van der Waals surface area contributed by atoms with Crippen LogP contribution in [-0.4, -0.2) is 42.2 Å². The summed E-state index contributed by atoms with van der Waals surface area (Å²) in [5, 5.41) is 6.48. The second-order valence-corrected chi connectivity index (χ2v) is 7.89. The number of benzene rings is 2. The van der Waals surface area contributed by atoms with Crippen LogP contribution in [0.4, 0.5) is 23.0 Å². The molecule has 9 heteroatoms. The molecule has 0 radical (unpaired) electrons. The van der Waals surface area contributed by atoms with Gasteiger partial charge in [0.25, 0.3) is 5.91 Å². The van der Waals surface area contributed by atoms with Gasteiger partial charge >= 0.3 is 0 Å². The predicted molar refractivity (Wildman–Crippen MR) is 130 cm³/mol. The molecular formula is C25H23N5O4. The van der Waals surface area contributed by atoms with Crippen LogP contribution in [0.2, 0.25) is 0 Å². The van der Waals surface area contributed by atoms with Crippen molar-refractivity contribution in [3.8, 4) is 0 Å².